The van der Waals surface area contributed by atoms with E-state index in [-0.39, 0.29) is 11.6 Å². The second-order valence-corrected chi connectivity index (χ2v) is 6.18. The van der Waals surface area contributed by atoms with Gasteiger partial charge in [-0.15, -0.1) is 0 Å². The number of carbonyl (C=O) groups is 1. The van der Waals surface area contributed by atoms with Gasteiger partial charge in [0.2, 0.25) is 0 Å². The zero-order valence-corrected chi connectivity index (χ0v) is 14.8. The Hall–Kier alpha value is -3.28. The number of rotatable bonds is 5. The first-order valence-electron chi connectivity index (χ1n) is 8.36. The van der Waals surface area contributed by atoms with Crippen molar-refractivity contribution >= 4 is 5.91 Å². The van der Waals surface area contributed by atoms with Gasteiger partial charge in [0.15, 0.2) is 0 Å². The first kappa shape index (κ1) is 17.5. The van der Waals surface area contributed by atoms with E-state index in [1.54, 1.807) is 30.4 Å². The molecule has 2 aromatic heterocycles. The molecule has 6 nitrogen and oxygen atoms in total. The van der Waals surface area contributed by atoms with Crippen LogP contribution in [-0.2, 0) is 6.42 Å². The fourth-order valence-corrected chi connectivity index (χ4v) is 2.60. The molecule has 3 aromatic rings. The van der Waals surface area contributed by atoms with Gasteiger partial charge >= 0.3 is 5.69 Å². The lowest BCUT2D eigenvalue weighted by Crippen LogP contribution is -2.31. The first-order valence-corrected chi connectivity index (χ1v) is 8.36. The molecule has 132 valence electrons. The Labute approximate surface area is 151 Å². The Morgan fingerprint density at radius 3 is 2.50 bits per heavy atom. The molecule has 0 aliphatic rings. The average molecular weight is 348 g/mol. The van der Waals surface area contributed by atoms with Crippen molar-refractivity contribution in [3.8, 4) is 11.3 Å². The minimum Gasteiger partial charge on any atom is -0.340 e. The Morgan fingerprint density at radius 1 is 1.12 bits per heavy atom. The molecule has 0 saturated carbocycles. The van der Waals surface area contributed by atoms with Gasteiger partial charge < -0.3 is 9.88 Å². The largest absolute Gasteiger partial charge is 0.346 e. The van der Waals surface area contributed by atoms with Crippen molar-refractivity contribution in [3.63, 3.8) is 0 Å². The van der Waals surface area contributed by atoms with Crippen LogP contribution in [0.4, 0.5) is 0 Å². The molecule has 0 atom stereocenters. The van der Waals surface area contributed by atoms with Crippen molar-refractivity contribution < 1.29 is 4.79 Å². The highest BCUT2D eigenvalue weighted by molar-refractivity contribution is 5.93. The topological polar surface area (TPSA) is 79.0 Å². The number of hydrogen-bond acceptors (Lipinski definition) is 4. The Balaban J connectivity index is 1.78. The van der Waals surface area contributed by atoms with Crippen molar-refractivity contribution in [1.29, 1.82) is 0 Å². The molecular weight excluding hydrogens is 328 g/mol. The second-order valence-electron chi connectivity index (χ2n) is 6.18. The van der Waals surface area contributed by atoms with Crippen LogP contribution in [0, 0.1) is 6.92 Å². The third-order valence-electron chi connectivity index (χ3n) is 4.15. The predicted molar refractivity (Wildman–Crippen MR) is 99.9 cm³/mol. The van der Waals surface area contributed by atoms with Crippen LogP contribution >= 0.6 is 0 Å². The lowest BCUT2D eigenvalue weighted by molar-refractivity contribution is 0.0790. The highest BCUT2D eigenvalue weighted by Crippen LogP contribution is 2.17. The second kappa shape index (κ2) is 7.74. The quantitative estimate of drug-likeness (QED) is 0.768. The van der Waals surface area contributed by atoms with Gasteiger partial charge in [0, 0.05) is 31.5 Å². The number of aromatic nitrogens is 3. The molecule has 3 rings (SSSR count). The number of likely N-dealkylation sites (N-methyl/N-ethyl adjacent to an activating group) is 1. The predicted octanol–water partition coefficient (Wildman–Crippen LogP) is 2.46. The van der Waals surface area contributed by atoms with Gasteiger partial charge in [-0.05, 0) is 37.1 Å². The van der Waals surface area contributed by atoms with Gasteiger partial charge in [-0.3, -0.25) is 9.78 Å². The number of carbonyl (C=O) groups excluding carboxylic acids is 1. The third-order valence-corrected chi connectivity index (χ3v) is 4.15. The summed E-state index contributed by atoms with van der Waals surface area (Å²) < 4.78 is 0. The summed E-state index contributed by atoms with van der Waals surface area (Å²) in [7, 11) is 1.72. The minimum atomic E-state index is -0.533. The van der Waals surface area contributed by atoms with Crippen LogP contribution < -0.4 is 5.69 Å². The van der Waals surface area contributed by atoms with Crippen molar-refractivity contribution in [2.75, 3.05) is 13.6 Å². The molecule has 0 saturated heterocycles. The molecule has 0 unspecified atom stereocenters. The molecule has 0 spiro atoms. The summed E-state index contributed by atoms with van der Waals surface area (Å²) in [6, 6.07) is 13.1. The van der Waals surface area contributed by atoms with Crippen molar-refractivity contribution in [2.45, 2.75) is 13.3 Å². The maximum Gasteiger partial charge on any atom is 0.346 e. The summed E-state index contributed by atoms with van der Waals surface area (Å²) in [6.07, 6.45) is 4.17. The monoisotopic (exact) mass is 348 g/mol. The molecule has 2 heterocycles. The summed E-state index contributed by atoms with van der Waals surface area (Å²) in [5, 5.41) is 0. The number of benzene rings is 1. The molecule has 1 N–H and O–H groups in total. The summed E-state index contributed by atoms with van der Waals surface area (Å²) in [6.45, 7) is 2.52. The van der Waals surface area contributed by atoms with Crippen LogP contribution in [0.1, 0.15) is 21.6 Å². The first-order chi connectivity index (χ1) is 12.5. The molecule has 0 bridgehead atoms. The van der Waals surface area contributed by atoms with E-state index in [2.05, 4.69) is 15.0 Å². The number of amides is 1. The normalized spacial score (nSPS) is 10.5. The van der Waals surface area contributed by atoms with Gasteiger partial charge in [0.05, 0.1) is 5.69 Å². The summed E-state index contributed by atoms with van der Waals surface area (Å²) in [4.78, 5) is 36.7. The van der Waals surface area contributed by atoms with Crippen LogP contribution in [0.25, 0.3) is 11.3 Å². The van der Waals surface area contributed by atoms with Crippen LogP contribution in [0.15, 0.2) is 59.7 Å². The number of aryl methyl sites for hydroxylation is 1. The summed E-state index contributed by atoms with van der Waals surface area (Å²) in [5.41, 5.74) is 3.20. The molecule has 26 heavy (non-hydrogen) atoms. The van der Waals surface area contributed by atoms with E-state index in [1.165, 1.54) is 0 Å². The number of pyridine rings is 1. The van der Waals surface area contributed by atoms with Gasteiger partial charge in [-0.25, -0.2) is 4.79 Å². The van der Waals surface area contributed by atoms with E-state index >= 15 is 0 Å². The van der Waals surface area contributed by atoms with E-state index in [1.807, 2.05) is 43.3 Å². The van der Waals surface area contributed by atoms with Crippen molar-refractivity contribution in [1.82, 2.24) is 19.9 Å². The maximum absolute atomic E-state index is 12.7. The SMILES string of the molecule is Cc1ccc(-c2cc(C(=O)N(C)CCc3ccncc3)[nH]c(=O)n2)cc1. The van der Waals surface area contributed by atoms with E-state index < -0.39 is 5.69 Å². The molecule has 0 fully saturated rings. The average Bonchev–Trinajstić information content (AvgIpc) is 2.66. The third kappa shape index (κ3) is 4.22. The summed E-state index contributed by atoms with van der Waals surface area (Å²) in [5.74, 6) is -0.244. The molecule has 6 heteroatoms. The van der Waals surface area contributed by atoms with Gasteiger partial charge in [0.1, 0.15) is 5.69 Å². The molecule has 1 amide bonds. The molecule has 1 aromatic carbocycles. The number of hydrogen-bond donors (Lipinski definition) is 1. The molecular formula is C20H20N4O2. The van der Waals surface area contributed by atoms with E-state index in [4.69, 9.17) is 0 Å². The van der Waals surface area contributed by atoms with Gasteiger partial charge in [-0.1, -0.05) is 29.8 Å². The highest BCUT2D eigenvalue weighted by atomic mass is 16.2. The van der Waals surface area contributed by atoms with Crippen LogP contribution in [0.3, 0.4) is 0 Å². The lowest BCUT2D eigenvalue weighted by Gasteiger charge is -2.17. The Bertz CT molecular complexity index is 950. The van der Waals surface area contributed by atoms with Crippen molar-refractivity contribution in [2.24, 2.45) is 0 Å². The fraction of sp³-hybridized carbons (Fsp3) is 0.200. The highest BCUT2D eigenvalue weighted by Gasteiger charge is 2.15. The van der Waals surface area contributed by atoms with E-state index in [9.17, 15) is 9.59 Å². The Morgan fingerprint density at radius 2 is 1.81 bits per heavy atom. The van der Waals surface area contributed by atoms with Gasteiger partial charge in [-0.2, -0.15) is 4.98 Å². The maximum atomic E-state index is 12.7. The zero-order chi connectivity index (χ0) is 18.5. The molecule has 0 aliphatic heterocycles. The molecule has 0 aliphatic carbocycles. The smallest absolute Gasteiger partial charge is 0.340 e. The number of H-pyrrole nitrogens is 1. The van der Waals surface area contributed by atoms with E-state index in [0.717, 1.165) is 16.7 Å². The summed E-state index contributed by atoms with van der Waals surface area (Å²) >= 11 is 0. The van der Waals surface area contributed by atoms with Crippen LogP contribution in [-0.4, -0.2) is 39.4 Å². The number of nitrogens with one attached hydrogen (secondary N) is 1. The molecule has 0 radical (unpaired) electrons. The van der Waals surface area contributed by atoms with Crippen LogP contribution in [0.2, 0.25) is 0 Å². The standard InChI is InChI=1S/C20H20N4O2/c1-14-3-5-16(6-4-14)17-13-18(23-20(26)22-17)19(25)24(2)12-9-15-7-10-21-11-8-15/h3-8,10-11,13H,9,12H2,1-2H3,(H,22,23,26). The fourth-order valence-electron chi connectivity index (χ4n) is 2.60. The zero-order valence-electron chi connectivity index (χ0n) is 14.8. The van der Waals surface area contributed by atoms with E-state index in [0.29, 0.717) is 18.7 Å². The van der Waals surface area contributed by atoms with Crippen LogP contribution in [0.5, 0.6) is 0 Å². The number of nitrogens with zero attached hydrogens (tertiary/aromatic N) is 3. The Kier molecular flexibility index (Phi) is 5.22. The lowest BCUT2D eigenvalue weighted by atomic mass is 10.1. The number of aromatic amines is 1. The van der Waals surface area contributed by atoms with Gasteiger partial charge in [0.25, 0.3) is 5.91 Å². The van der Waals surface area contributed by atoms with Crippen molar-refractivity contribution in [3.05, 3.63) is 82.2 Å². The minimum absolute atomic E-state index is 0.234.